The summed E-state index contributed by atoms with van der Waals surface area (Å²) in [5.74, 6) is 0.146. The van der Waals surface area contributed by atoms with Gasteiger partial charge in [-0.15, -0.1) is 0 Å². The molecule has 2 aromatic carbocycles. The zero-order chi connectivity index (χ0) is 16.5. The van der Waals surface area contributed by atoms with Crippen molar-refractivity contribution in [2.75, 3.05) is 18.5 Å². The molecule has 0 amide bonds. The van der Waals surface area contributed by atoms with Gasteiger partial charge in [0.15, 0.2) is 10.9 Å². The van der Waals surface area contributed by atoms with E-state index in [0.717, 1.165) is 57.0 Å². The molecule has 0 radical (unpaired) electrons. The number of Topliss-reactive ketones (excluding diaryl/α,β-unsaturated/α-hetero) is 1. The Hall–Kier alpha value is -2.20. The smallest absolute Gasteiger partial charge is 0.194 e. The molecule has 0 aliphatic carbocycles. The summed E-state index contributed by atoms with van der Waals surface area (Å²) >= 11 is 1.60. The number of ketones is 1. The number of fused-ring (bicyclic) bond motifs is 3. The summed E-state index contributed by atoms with van der Waals surface area (Å²) in [7, 11) is 0. The standard InChI is InChI=1S/C20H19NO2S/c1-2-11-23-18-10-9-17(24-18)15-12-21-16-8-7-13-5-3-4-6-14(13)19(16)20(15)22/h3-8,10,21H,2,9,11-12H2,1H3. The fraction of sp³-hybridized carbons (Fsp3) is 0.250. The highest BCUT2D eigenvalue weighted by atomic mass is 32.2. The molecule has 4 rings (SSSR count). The molecule has 2 heterocycles. The molecule has 0 spiro atoms. The average molecular weight is 337 g/mol. The first-order valence-corrected chi connectivity index (χ1v) is 9.12. The molecule has 0 bridgehead atoms. The highest BCUT2D eigenvalue weighted by Gasteiger charge is 2.28. The van der Waals surface area contributed by atoms with Crippen molar-refractivity contribution >= 4 is 34.0 Å². The molecule has 4 heteroatoms. The zero-order valence-corrected chi connectivity index (χ0v) is 14.4. The second-order valence-electron chi connectivity index (χ2n) is 5.97. The van der Waals surface area contributed by atoms with Crippen LogP contribution in [0.25, 0.3) is 10.8 Å². The number of hydrogen-bond donors (Lipinski definition) is 1. The molecule has 2 aliphatic rings. The summed E-state index contributed by atoms with van der Waals surface area (Å²) in [4.78, 5) is 14.3. The number of thioether (sulfide) groups is 1. The quantitative estimate of drug-likeness (QED) is 0.790. The van der Waals surface area contributed by atoms with Crippen LogP contribution in [-0.2, 0) is 4.74 Å². The largest absolute Gasteiger partial charge is 0.487 e. The molecule has 2 aliphatic heterocycles. The molecular formula is C20H19NO2S. The molecule has 1 N–H and O–H groups in total. The Morgan fingerprint density at radius 3 is 2.96 bits per heavy atom. The number of benzene rings is 2. The van der Waals surface area contributed by atoms with Gasteiger partial charge < -0.3 is 10.1 Å². The SMILES string of the molecule is CCCOC1=CCC(=C2CNc3ccc4ccccc4c3C2=O)S1. The van der Waals surface area contributed by atoms with E-state index < -0.39 is 0 Å². The van der Waals surface area contributed by atoms with Crippen LogP contribution in [0.4, 0.5) is 5.69 Å². The van der Waals surface area contributed by atoms with Crippen molar-refractivity contribution in [1.29, 1.82) is 0 Å². The van der Waals surface area contributed by atoms with Gasteiger partial charge in [-0.2, -0.15) is 0 Å². The third-order valence-electron chi connectivity index (χ3n) is 4.35. The second-order valence-corrected chi connectivity index (χ2v) is 7.07. The first-order valence-electron chi connectivity index (χ1n) is 8.31. The summed E-state index contributed by atoms with van der Waals surface area (Å²) in [6, 6.07) is 12.1. The van der Waals surface area contributed by atoms with E-state index in [4.69, 9.17) is 4.74 Å². The maximum atomic E-state index is 13.2. The van der Waals surface area contributed by atoms with Crippen LogP contribution in [0.15, 0.2) is 58.0 Å². The van der Waals surface area contributed by atoms with Gasteiger partial charge in [0.1, 0.15) is 0 Å². The van der Waals surface area contributed by atoms with E-state index >= 15 is 0 Å². The number of rotatable bonds is 3. The molecule has 0 saturated carbocycles. The maximum Gasteiger partial charge on any atom is 0.194 e. The van der Waals surface area contributed by atoms with Crippen molar-refractivity contribution in [1.82, 2.24) is 0 Å². The Labute approximate surface area is 145 Å². The van der Waals surface area contributed by atoms with Crippen LogP contribution >= 0.6 is 11.8 Å². The summed E-state index contributed by atoms with van der Waals surface area (Å²) in [6.45, 7) is 3.40. The third-order valence-corrected chi connectivity index (χ3v) is 5.49. The van der Waals surface area contributed by atoms with Gasteiger partial charge in [0.25, 0.3) is 0 Å². The van der Waals surface area contributed by atoms with Gasteiger partial charge in [0, 0.05) is 29.1 Å². The minimum absolute atomic E-state index is 0.146. The van der Waals surface area contributed by atoms with Crippen molar-refractivity contribution in [2.24, 2.45) is 0 Å². The summed E-state index contributed by atoms with van der Waals surface area (Å²) in [5, 5.41) is 6.46. The van der Waals surface area contributed by atoms with Crippen molar-refractivity contribution in [3.05, 3.63) is 63.6 Å². The van der Waals surface area contributed by atoms with Crippen LogP contribution in [0.5, 0.6) is 0 Å². The molecule has 0 saturated heterocycles. The monoisotopic (exact) mass is 337 g/mol. The van der Waals surface area contributed by atoms with Crippen molar-refractivity contribution in [3.63, 3.8) is 0 Å². The Balaban J connectivity index is 1.70. The van der Waals surface area contributed by atoms with E-state index in [9.17, 15) is 4.79 Å². The first-order chi connectivity index (χ1) is 11.8. The third kappa shape index (κ3) is 2.61. The predicted octanol–water partition coefficient (Wildman–Crippen LogP) is 5.11. The van der Waals surface area contributed by atoms with E-state index in [-0.39, 0.29) is 5.78 Å². The number of carbonyl (C=O) groups is 1. The number of allylic oxidation sites excluding steroid dienone is 2. The Bertz CT molecular complexity index is 882. The lowest BCUT2D eigenvalue weighted by Crippen LogP contribution is -2.22. The van der Waals surface area contributed by atoms with Crippen LogP contribution in [0.1, 0.15) is 30.1 Å². The van der Waals surface area contributed by atoms with Crippen LogP contribution in [0, 0.1) is 0 Å². The number of anilines is 1. The number of nitrogens with one attached hydrogen (secondary N) is 1. The summed E-state index contributed by atoms with van der Waals surface area (Å²) in [5.41, 5.74) is 2.60. The van der Waals surface area contributed by atoms with E-state index in [1.807, 2.05) is 30.3 Å². The number of ether oxygens (including phenoxy) is 1. The predicted molar refractivity (Wildman–Crippen MR) is 100 cm³/mol. The minimum Gasteiger partial charge on any atom is -0.487 e. The Kier molecular flexibility index (Phi) is 4.07. The van der Waals surface area contributed by atoms with E-state index in [2.05, 4.69) is 24.4 Å². The normalized spacial score (nSPS) is 19.9. The topological polar surface area (TPSA) is 38.3 Å². The average Bonchev–Trinajstić information content (AvgIpc) is 3.08. The number of hydrogen-bond acceptors (Lipinski definition) is 4. The van der Waals surface area contributed by atoms with Gasteiger partial charge in [-0.05, 0) is 29.3 Å². The Morgan fingerprint density at radius 2 is 2.08 bits per heavy atom. The highest BCUT2D eigenvalue weighted by Crippen LogP contribution is 2.41. The molecule has 2 aromatic rings. The zero-order valence-electron chi connectivity index (χ0n) is 13.6. The fourth-order valence-corrected chi connectivity index (χ4v) is 4.17. The summed E-state index contributed by atoms with van der Waals surface area (Å²) in [6.07, 6.45) is 3.85. The molecule has 0 unspecified atom stereocenters. The van der Waals surface area contributed by atoms with Crippen LogP contribution in [0.3, 0.4) is 0 Å². The highest BCUT2D eigenvalue weighted by molar-refractivity contribution is 8.06. The molecular weight excluding hydrogens is 318 g/mol. The van der Waals surface area contributed by atoms with E-state index in [0.29, 0.717) is 6.54 Å². The van der Waals surface area contributed by atoms with E-state index in [1.165, 1.54) is 0 Å². The maximum absolute atomic E-state index is 13.2. The van der Waals surface area contributed by atoms with Gasteiger partial charge in [0.2, 0.25) is 0 Å². The molecule has 3 nitrogen and oxygen atoms in total. The first kappa shape index (κ1) is 15.3. The molecule has 0 aromatic heterocycles. The second kappa shape index (κ2) is 6.36. The molecule has 0 fully saturated rings. The number of carbonyl (C=O) groups excluding carboxylic acids is 1. The van der Waals surface area contributed by atoms with Crippen molar-refractivity contribution in [3.8, 4) is 0 Å². The lowest BCUT2D eigenvalue weighted by molar-refractivity contribution is 0.103. The van der Waals surface area contributed by atoms with Gasteiger partial charge in [-0.1, -0.05) is 49.0 Å². The molecule has 122 valence electrons. The molecule has 0 atom stereocenters. The van der Waals surface area contributed by atoms with Gasteiger partial charge >= 0.3 is 0 Å². The van der Waals surface area contributed by atoms with Crippen LogP contribution in [0.2, 0.25) is 0 Å². The lowest BCUT2D eigenvalue weighted by Gasteiger charge is -2.22. The van der Waals surface area contributed by atoms with Gasteiger partial charge in [-0.3, -0.25) is 4.79 Å². The fourth-order valence-electron chi connectivity index (χ4n) is 3.16. The Morgan fingerprint density at radius 1 is 1.21 bits per heavy atom. The van der Waals surface area contributed by atoms with Crippen LogP contribution in [-0.4, -0.2) is 18.9 Å². The van der Waals surface area contributed by atoms with Gasteiger partial charge in [-0.25, -0.2) is 0 Å². The summed E-state index contributed by atoms with van der Waals surface area (Å²) < 4.78 is 5.71. The molecule has 24 heavy (non-hydrogen) atoms. The lowest BCUT2D eigenvalue weighted by atomic mass is 9.92. The van der Waals surface area contributed by atoms with Crippen molar-refractivity contribution < 1.29 is 9.53 Å². The van der Waals surface area contributed by atoms with Crippen molar-refractivity contribution in [2.45, 2.75) is 19.8 Å². The minimum atomic E-state index is 0.146. The van der Waals surface area contributed by atoms with Gasteiger partial charge in [0.05, 0.1) is 12.2 Å². The van der Waals surface area contributed by atoms with E-state index in [1.54, 1.807) is 11.8 Å². The van der Waals surface area contributed by atoms with Crippen LogP contribution < -0.4 is 5.32 Å².